The Labute approximate surface area is 165 Å². The van der Waals surface area contributed by atoms with Crippen LogP contribution in [0.3, 0.4) is 0 Å². The van der Waals surface area contributed by atoms with E-state index in [1.165, 1.54) is 5.56 Å². The summed E-state index contributed by atoms with van der Waals surface area (Å²) in [7, 11) is 1.72. The Morgan fingerprint density at radius 3 is 2.54 bits per heavy atom. The summed E-state index contributed by atoms with van der Waals surface area (Å²) >= 11 is 0. The number of anilines is 1. The third-order valence-corrected chi connectivity index (χ3v) is 5.35. The van der Waals surface area contributed by atoms with Gasteiger partial charge in [-0.2, -0.15) is 0 Å². The topological polar surface area (TPSA) is 54.6 Å². The van der Waals surface area contributed by atoms with Crippen molar-refractivity contribution in [2.45, 2.75) is 19.9 Å². The smallest absolute Gasteiger partial charge is 0.247 e. The average Bonchev–Trinajstić information content (AvgIpc) is 3.24. The molecule has 28 heavy (non-hydrogen) atoms. The fraction of sp³-hybridized carbons (Fsp3) is 0.364. The van der Waals surface area contributed by atoms with Crippen LogP contribution in [-0.4, -0.2) is 48.4 Å². The van der Waals surface area contributed by atoms with Crippen molar-refractivity contribution in [3.05, 3.63) is 60.0 Å². The van der Waals surface area contributed by atoms with E-state index in [1.807, 2.05) is 24.3 Å². The van der Waals surface area contributed by atoms with E-state index in [0.717, 1.165) is 43.2 Å². The minimum absolute atomic E-state index is 0.0888. The molecule has 6 heteroatoms. The number of hydrogen-bond donors (Lipinski definition) is 0. The minimum atomic E-state index is 0.0888. The molecular weight excluding hydrogens is 352 g/mol. The lowest BCUT2D eigenvalue weighted by molar-refractivity contribution is 0.173. The van der Waals surface area contributed by atoms with Gasteiger partial charge in [0.15, 0.2) is 0 Å². The molecule has 2 heterocycles. The number of aryl methyl sites for hydroxylation is 1. The van der Waals surface area contributed by atoms with Crippen LogP contribution in [0.5, 0.6) is 5.75 Å². The van der Waals surface area contributed by atoms with Gasteiger partial charge in [0, 0.05) is 31.7 Å². The number of aromatic nitrogens is 2. The van der Waals surface area contributed by atoms with Gasteiger partial charge < -0.3 is 14.1 Å². The van der Waals surface area contributed by atoms with Gasteiger partial charge in [-0.15, -0.1) is 10.2 Å². The molecular formula is C22H26N4O2. The van der Waals surface area contributed by atoms with Crippen LogP contribution in [-0.2, 0) is 0 Å². The Kier molecular flexibility index (Phi) is 5.30. The Balaban J connectivity index is 1.42. The van der Waals surface area contributed by atoms with Crippen LogP contribution in [0.1, 0.15) is 24.4 Å². The fourth-order valence-corrected chi connectivity index (χ4v) is 3.70. The van der Waals surface area contributed by atoms with E-state index in [-0.39, 0.29) is 6.04 Å². The highest BCUT2D eigenvalue weighted by Crippen LogP contribution is 2.30. The zero-order valence-electron chi connectivity index (χ0n) is 16.6. The van der Waals surface area contributed by atoms with Gasteiger partial charge in [0.2, 0.25) is 11.8 Å². The SMILES string of the molecule is COc1ccccc1N1CCN([C@@H](C)c2nnc(-c3cccc(C)c3)o2)CC1. The molecule has 1 aromatic heterocycles. The number of nitrogens with zero attached hydrogens (tertiary/aromatic N) is 4. The van der Waals surface area contributed by atoms with E-state index >= 15 is 0 Å². The number of hydrogen-bond acceptors (Lipinski definition) is 6. The Morgan fingerprint density at radius 1 is 1.00 bits per heavy atom. The van der Waals surface area contributed by atoms with Crippen LogP contribution in [0.25, 0.3) is 11.5 Å². The second-order valence-electron chi connectivity index (χ2n) is 7.19. The first-order valence-electron chi connectivity index (χ1n) is 9.68. The summed E-state index contributed by atoms with van der Waals surface area (Å²) in [4.78, 5) is 4.76. The third kappa shape index (κ3) is 3.73. The van der Waals surface area contributed by atoms with E-state index in [9.17, 15) is 0 Å². The molecule has 0 aliphatic carbocycles. The molecule has 1 fully saturated rings. The molecule has 0 radical (unpaired) electrons. The normalized spacial score (nSPS) is 16.2. The molecule has 4 rings (SSSR count). The average molecular weight is 378 g/mol. The van der Waals surface area contributed by atoms with Gasteiger partial charge >= 0.3 is 0 Å². The molecule has 146 valence electrons. The maximum Gasteiger partial charge on any atom is 0.247 e. The molecule has 1 saturated heterocycles. The zero-order valence-corrected chi connectivity index (χ0v) is 16.6. The third-order valence-electron chi connectivity index (χ3n) is 5.35. The summed E-state index contributed by atoms with van der Waals surface area (Å²) in [6.45, 7) is 7.92. The van der Waals surface area contributed by atoms with Gasteiger partial charge in [-0.1, -0.05) is 29.8 Å². The maximum absolute atomic E-state index is 5.99. The van der Waals surface area contributed by atoms with Gasteiger partial charge in [0.05, 0.1) is 18.8 Å². The first-order chi connectivity index (χ1) is 13.7. The molecule has 0 amide bonds. The Morgan fingerprint density at radius 2 is 1.79 bits per heavy atom. The summed E-state index contributed by atoms with van der Waals surface area (Å²) in [6, 6.07) is 16.4. The fourth-order valence-electron chi connectivity index (χ4n) is 3.70. The first kappa shape index (κ1) is 18.5. The van der Waals surface area contributed by atoms with E-state index in [4.69, 9.17) is 9.15 Å². The molecule has 3 aromatic rings. The van der Waals surface area contributed by atoms with Gasteiger partial charge in [-0.25, -0.2) is 0 Å². The van der Waals surface area contributed by atoms with Crippen LogP contribution >= 0.6 is 0 Å². The summed E-state index contributed by atoms with van der Waals surface area (Å²) in [5, 5.41) is 8.57. The van der Waals surface area contributed by atoms with Gasteiger partial charge in [0.1, 0.15) is 5.75 Å². The van der Waals surface area contributed by atoms with Crippen molar-refractivity contribution in [3.8, 4) is 17.2 Å². The van der Waals surface area contributed by atoms with Gasteiger partial charge in [-0.05, 0) is 38.1 Å². The predicted molar refractivity (Wildman–Crippen MR) is 110 cm³/mol. The number of ether oxygens (including phenoxy) is 1. The lowest BCUT2D eigenvalue weighted by Gasteiger charge is -2.38. The molecule has 2 aromatic carbocycles. The van der Waals surface area contributed by atoms with Gasteiger partial charge in [-0.3, -0.25) is 4.90 Å². The highest BCUT2D eigenvalue weighted by atomic mass is 16.5. The molecule has 1 aliphatic rings. The van der Waals surface area contributed by atoms with Crippen molar-refractivity contribution in [1.82, 2.24) is 15.1 Å². The molecule has 0 saturated carbocycles. The summed E-state index contributed by atoms with van der Waals surface area (Å²) < 4.78 is 11.5. The zero-order chi connectivity index (χ0) is 19.5. The summed E-state index contributed by atoms with van der Waals surface area (Å²) in [6.07, 6.45) is 0. The second-order valence-corrected chi connectivity index (χ2v) is 7.19. The van der Waals surface area contributed by atoms with Crippen molar-refractivity contribution in [2.24, 2.45) is 0 Å². The monoisotopic (exact) mass is 378 g/mol. The van der Waals surface area contributed by atoms with Crippen LogP contribution in [0.15, 0.2) is 52.9 Å². The van der Waals surface area contributed by atoms with Crippen molar-refractivity contribution < 1.29 is 9.15 Å². The highest BCUT2D eigenvalue weighted by Gasteiger charge is 2.26. The van der Waals surface area contributed by atoms with Crippen molar-refractivity contribution in [2.75, 3.05) is 38.2 Å². The number of piperazine rings is 1. The number of para-hydroxylation sites is 2. The lowest BCUT2D eigenvalue weighted by atomic mass is 10.1. The molecule has 0 bridgehead atoms. The first-order valence-corrected chi connectivity index (χ1v) is 9.68. The summed E-state index contributed by atoms with van der Waals surface area (Å²) in [5.41, 5.74) is 3.29. The van der Waals surface area contributed by atoms with Crippen LogP contribution in [0.4, 0.5) is 5.69 Å². The molecule has 6 nitrogen and oxygen atoms in total. The highest BCUT2D eigenvalue weighted by molar-refractivity contribution is 5.58. The van der Waals surface area contributed by atoms with Crippen molar-refractivity contribution >= 4 is 5.69 Å². The van der Waals surface area contributed by atoms with Crippen LogP contribution in [0, 0.1) is 6.92 Å². The standard InChI is InChI=1S/C22H26N4O2/c1-16-7-6-8-18(15-16)22-24-23-21(28-22)17(2)25-11-13-26(14-12-25)19-9-4-5-10-20(19)27-3/h4-10,15,17H,11-14H2,1-3H3/t17-/m0/s1. The van der Waals surface area contributed by atoms with E-state index in [0.29, 0.717) is 11.8 Å². The van der Waals surface area contributed by atoms with Crippen LogP contribution in [0.2, 0.25) is 0 Å². The van der Waals surface area contributed by atoms with E-state index in [2.05, 4.69) is 58.1 Å². The Bertz CT molecular complexity index is 932. The second kappa shape index (κ2) is 8.02. The van der Waals surface area contributed by atoms with Crippen molar-refractivity contribution in [1.29, 1.82) is 0 Å². The molecule has 0 spiro atoms. The maximum atomic E-state index is 5.99. The summed E-state index contributed by atoms with van der Waals surface area (Å²) in [5.74, 6) is 2.17. The molecule has 1 aliphatic heterocycles. The van der Waals surface area contributed by atoms with E-state index in [1.54, 1.807) is 7.11 Å². The van der Waals surface area contributed by atoms with E-state index < -0.39 is 0 Å². The minimum Gasteiger partial charge on any atom is -0.495 e. The number of benzene rings is 2. The van der Waals surface area contributed by atoms with Crippen LogP contribution < -0.4 is 9.64 Å². The van der Waals surface area contributed by atoms with Gasteiger partial charge in [0.25, 0.3) is 0 Å². The number of rotatable bonds is 5. The number of methoxy groups -OCH3 is 1. The largest absolute Gasteiger partial charge is 0.495 e. The quantitative estimate of drug-likeness (QED) is 0.670. The van der Waals surface area contributed by atoms with Crippen molar-refractivity contribution in [3.63, 3.8) is 0 Å². The molecule has 0 unspecified atom stereocenters. The lowest BCUT2D eigenvalue weighted by Crippen LogP contribution is -2.47. The molecule has 0 N–H and O–H groups in total. The molecule has 1 atom stereocenters. The predicted octanol–water partition coefficient (Wildman–Crippen LogP) is 3.94. The Hall–Kier alpha value is -2.86.